The van der Waals surface area contributed by atoms with Gasteiger partial charge in [-0.25, -0.2) is 4.79 Å². The third-order valence-corrected chi connectivity index (χ3v) is 0.947. The molecule has 0 fully saturated rings. The van der Waals surface area contributed by atoms with Crippen LogP contribution in [0.2, 0.25) is 0 Å². The van der Waals surface area contributed by atoms with Crippen molar-refractivity contribution in [2.75, 3.05) is 6.61 Å². The largest absolute Gasteiger partial charge is 0.462 e. The Morgan fingerprint density at radius 3 is 3.45 bits per heavy atom. The van der Waals surface area contributed by atoms with Crippen LogP contribution in [0.5, 0.6) is 0 Å². The van der Waals surface area contributed by atoms with Gasteiger partial charge in [0.2, 0.25) is 0 Å². The van der Waals surface area contributed by atoms with Gasteiger partial charge in [0.05, 0.1) is 17.7 Å². The Morgan fingerprint density at radius 1 is 1.91 bits per heavy atom. The average molecular weight is 155 g/mol. The normalized spacial score (nSPS) is 14.3. The predicted molar refractivity (Wildman–Crippen MR) is 40.2 cm³/mol. The summed E-state index contributed by atoms with van der Waals surface area (Å²) in [6, 6.07) is -0.965. The van der Waals surface area contributed by atoms with Gasteiger partial charge in [-0.2, -0.15) is 0 Å². The maximum Gasteiger partial charge on any atom is 0.339 e. The third-order valence-electron chi connectivity index (χ3n) is 0.947. The van der Waals surface area contributed by atoms with Crippen LogP contribution in [0.25, 0.3) is 0 Å². The van der Waals surface area contributed by atoms with E-state index < -0.39 is 30.4 Å². The molecular weight excluding hydrogens is 142 g/mol. The molecule has 0 radical (unpaired) electrons. The number of carbonyl (C=O) groups excluding carboxylic acids is 1. The van der Waals surface area contributed by atoms with E-state index in [-0.39, 0.29) is 12.2 Å². The second kappa shape index (κ2) is 3.71. The Balaban J connectivity index is 3.29. The highest BCUT2D eigenvalue weighted by molar-refractivity contribution is 5.88. The summed E-state index contributed by atoms with van der Waals surface area (Å²) in [5.74, 6) is -0.853. The SMILES string of the molecule is [2H]c1nc([2H])c(C(=O)OCC)c([2H])c1[2H]. The van der Waals surface area contributed by atoms with Crippen LogP contribution in [0.4, 0.5) is 0 Å². The number of rotatable bonds is 2. The highest BCUT2D eigenvalue weighted by atomic mass is 16.5. The van der Waals surface area contributed by atoms with E-state index in [4.69, 9.17) is 5.48 Å². The number of esters is 1. The van der Waals surface area contributed by atoms with E-state index in [9.17, 15) is 4.79 Å². The Kier molecular flexibility index (Phi) is 1.30. The molecule has 0 atom stereocenters. The average Bonchev–Trinajstić information content (AvgIpc) is 2.15. The summed E-state index contributed by atoms with van der Waals surface area (Å²) in [6.07, 6.45) is -0.988. The van der Waals surface area contributed by atoms with Crippen LogP contribution >= 0.6 is 0 Å². The molecule has 0 saturated carbocycles. The minimum Gasteiger partial charge on any atom is -0.462 e. The van der Waals surface area contributed by atoms with Gasteiger partial charge in [-0.05, 0) is 19.0 Å². The lowest BCUT2D eigenvalue weighted by Crippen LogP contribution is -2.04. The molecule has 0 amide bonds. The number of carbonyl (C=O) groups is 1. The lowest BCUT2D eigenvalue weighted by atomic mass is 10.3. The zero-order chi connectivity index (χ0) is 11.6. The maximum atomic E-state index is 11.3. The smallest absolute Gasteiger partial charge is 0.339 e. The molecule has 11 heavy (non-hydrogen) atoms. The first-order valence-electron chi connectivity index (χ1n) is 5.10. The van der Waals surface area contributed by atoms with Crippen molar-refractivity contribution >= 4 is 5.97 Å². The molecule has 0 aromatic carbocycles. The lowest BCUT2D eigenvalue weighted by molar-refractivity contribution is 0.0526. The number of aromatic nitrogens is 1. The monoisotopic (exact) mass is 155 g/mol. The van der Waals surface area contributed by atoms with Crippen LogP contribution in [0.1, 0.15) is 22.8 Å². The molecule has 1 rings (SSSR count). The molecule has 0 bridgehead atoms. The number of nitrogens with zero attached hydrogens (tertiary/aromatic N) is 1. The molecule has 1 aromatic heterocycles. The quantitative estimate of drug-likeness (QED) is 0.603. The predicted octanol–water partition coefficient (Wildman–Crippen LogP) is 1.26. The molecule has 3 nitrogen and oxygen atoms in total. The first kappa shape index (κ1) is 3.85. The summed E-state index contributed by atoms with van der Waals surface area (Å²) in [7, 11) is 0. The van der Waals surface area contributed by atoms with E-state index in [1.54, 1.807) is 6.92 Å². The summed E-state index contributed by atoms with van der Waals surface area (Å²) in [6.45, 7) is 1.71. The minimum atomic E-state index is -0.853. The van der Waals surface area contributed by atoms with Crippen LogP contribution in [-0.4, -0.2) is 17.6 Å². The summed E-state index contributed by atoms with van der Waals surface area (Å²) >= 11 is 0. The van der Waals surface area contributed by atoms with E-state index in [0.29, 0.717) is 0 Å². The van der Waals surface area contributed by atoms with Gasteiger partial charge in [-0.15, -0.1) is 0 Å². The summed E-state index contributed by atoms with van der Waals surface area (Å²) in [5.41, 5.74) is -0.363. The molecule has 0 N–H and O–H groups in total. The van der Waals surface area contributed by atoms with Crippen molar-refractivity contribution in [3.8, 4) is 0 Å². The van der Waals surface area contributed by atoms with E-state index >= 15 is 0 Å². The van der Waals surface area contributed by atoms with Crippen LogP contribution in [-0.2, 0) is 4.74 Å². The molecule has 58 valence electrons. The molecule has 0 unspecified atom stereocenters. The number of hydrogen-bond donors (Lipinski definition) is 0. The van der Waals surface area contributed by atoms with Crippen molar-refractivity contribution in [3.05, 3.63) is 30.0 Å². The molecule has 0 aliphatic carbocycles. The lowest BCUT2D eigenvalue weighted by Gasteiger charge is -1.98. The molecule has 1 heterocycles. The second-order valence-electron chi connectivity index (χ2n) is 1.68. The van der Waals surface area contributed by atoms with Crippen LogP contribution < -0.4 is 0 Å². The van der Waals surface area contributed by atoms with E-state index in [2.05, 4.69) is 9.72 Å². The highest BCUT2D eigenvalue weighted by Gasteiger charge is 2.03. The number of pyridine rings is 1. The van der Waals surface area contributed by atoms with Gasteiger partial charge in [0, 0.05) is 12.3 Å². The van der Waals surface area contributed by atoms with Crippen molar-refractivity contribution < 1.29 is 15.0 Å². The first-order valence-corrected chi connectivity index (χ1v) is 3.10. The summed E-state index contributed by atoms with van der Waals surface area (Å²) < 4.78 is 33.8. The fourth-order valence-electron chi connectivity index (χ4n) is 0.530. The van der Waals surface area contributed by atoms with Crippen LogP contribution in [0, 0.1) is 0 Å². The fraction of sp³-hybridized carbons (Fsp3) is 0.250. The standard InChI is InChI=1S/C8H9NO2/c1-2-11-8(10)7-4-3-5-9-6-7/h3-6H,2H2,1H3/i3D,4D,5D,6D. The van der Waals surface area contributed by atoms with Crippen LogP contribution in [0.15, 0.2) is 24.4 Å². The van der Waals surface area contributed by atoms with Gasteiger partial charge in [-0.1, -0.05) is 0 Å². The molecule has 0 aliphatic heterocycles. The van der Waals surface area contributed by atoms with E-state index in [0.717, 1.165) is 0 Å². The van der Waals surface area contributed by atoms with E-state index in [1.165, 1.54) is 0 Å². The Morgan fingerprint density at radius 2 is 2.73 bits per heavy atom. The summed E-state index contributed by atoms with van der Waals surface area (Å²) in [4.78, 5) is 14.7. The number of hydrogen-bond acceptors (Lipinski definition) is 3. The molecule has 0 saturated heterocycles. The third kappa shape index (κ3) is 2.04. The fourth-order valence-corrected chi connectivity index (χ4v) is 0.530. The van der Waals surface area contributed by atoms with E-state index in [1.807, 2.05) is 0 Å². The first-order chi connectivity index (χ1) is 6.99. The van der Waals surface area contributed by atoms with Gasteiger partial charge in [0.25, 0.3) is 0 Å². The van der Waals surface area contributed by atoms with Gasteiger partial charge in [0.15, 0.2) is 0 Å². The van der Waals surface area contributed by atoms with Gasteiger partial charge in [0.1, 0.15) is 0 Å². The van der Waals surface area contributed by atoms with Crippen molar-refractivity contribution in [2.45, 2.75) is 6.92 Å². The molecular formula is C8H9NO2. The Hall–Kier alpha value is -1.38. The highest BCUT2D eigenvalue weighted by Crippen LogP contribution is 1.97. The van der Waals surface area contributed by atoms with Crippen molar-refractivity contribution in [2.24, 2.45) is 0 Å². The second-order valence-corrected chi connectivity index (χ2v) is 1.68. The minimum absolute atomic E-state index is 0.119. The van der Waals surface area contributed by atoms with Gasteiger partial charge in [-0.3, -0.25) is 4.98 Å². The Bertz CT molecular complexity index is 408. The maximum absolute atomic E-state index is 11.3. The molecule has 0 aliphatic rings. The number of ether oxygens (including phenoxy) is 1. The zero-order valence-electron chi connectivity index (χ0n) is 9.97. The molecule has 1 aromatic rings. The topological polar surface area (TPSA) is 39.2 Å². The molecule has 3 heteroatoms. The van der Waals surface area contributed by atoms with Gasteiger partial charge >= 0.3 is 5.97 Å². The van der Waals surface area contributed by atoms with Crippen molar-refractivity contribution in [1.82, 2.24) is 4.98 Å². The van der Waals surface area contributed by atoms with Crippen molar-refractivity contribution in [3.63, 3.8) is 0 Å². The van der Waals surface area contributed by atoms with Crippen LogP contribution in [0.3, 0.4) is 0 Å². The molecule has 0 spiro atoms. The Labute approximate surface area is 70.6 Å². The van der Waals surface area contributed by atoms with Gasteiger partial charge < -0.3 is 4.74 Å². The van der Waals surface area contributed by atoms with Crippen molar-refractivity contribution in [1.29, 1.82) is 0 Å². The summed E-state index contributed by atoms with van der Waals surface area (Å²) in [5, 5.41) is 0. The zero-order valence-corrected chi connectivity index (χ0v) is 5.97.